The molecule has 0 radical (unpaired) electrons. The number of para-hydroxylation sites is 1. The molecule has 2 N–H and O–H groups in total. The number of anilines is 2. The van der Waals surface area contributed by atoms with Crippen LogP contribution in [0.4, 0.5) is 16.2 Å². The highest BCUT2D eigenvalue weighted by Gasteiger charge is 2.21. The molecule has 2 amide bonds. The molecule has 0 aliphatic heterocycles. The van der Waals surface area contributed by atoms with Gasteiger partial charge in [0, 0.05) is 21.7 Å². The van der Waals surface area contributed by atoms with Gasteiger partial charge >= 0.3 is 11.7 Å². The van der Waals surface area contributed by atoms with E-state index >= 15 is 0 Å². The summed E-state index contributed by atoms with van der Waals surface area (Å²) in [5.41, 5.74) is 4.86. The first kappa shape index (κ1) is 22.6. The zero-order valence-electron chi connectivity index (χ0n) is 19.0. The van der Waals surface area contributed by atoms with Crippen molar-refractivity contribution in [2.24, 2.45) is 0 Å². The number of aryl methyl sites for hydroxylation is 2. The van der Waals surface area contributed by atoms with Gasteiger partial charge in [-0.2, -0.15) is 0 Å². The highest BCUT2D eigenvalue weighted by Crippen LogP contribution is 2.36. The molecular formula is C27H25ClN2O3. The number of carbonyl (C=O) groups is 1. The molecule has 0 aliphatic rings. The van der Waals surface area contributed by atoms with Crippen molar-refractivity contribution in [3.63, 3.8) is 0 Å². The van der Waals surface area contributed by atoms with Crippen LogP contribution in [0, 0.1) is 13.8 Å². The van der Waals surface area contributed by atoms with E-state index in [1.165, 1.54) is 0 Å². The van der Waals surface area contributed by atoms with Crippen LogP contribution >= 0.6 is 11.6 Å². The predicted molar refractivity (Wildman–Crippen MR) is 136 cm³/mol. The number of halogens is 1. The summed E-state index contributed by atoms with van der Waals surface area (Å²) in [6.07, 6.45) is 0. The second kappa shape index (κ2) is 9.12. The number of fused-ring (bicyclic) bond motifs is 1. The Morgan fingerprint density at radius 3 is 2.33 bits per heavy atom. The Hall–Kier alpha value is -3.57. The van der Waals surface area contributed by atoms with Gasteiger partial charge < -0.3 is 15.1 Å². The number of hydrogen-bond acceptors (Lipinski definition) is 3. The Balaban J connectivity index is 1.85. The molecule has 0 bridgehead atoms. The van der Waals surface area contributed by atoms with Gasteiger partial charge in [0.25, 0.3) is 0 Å². The lowest BCUT2D eigenvalue weighted by atomic mass is 9.96. The lowest BCUT2D eigenvalue weighted by Crippen LogP contribution is -2.25. The van der Waals surface area contributed by atoms with E-state index in [2.05, 4.69) is 24.5 Å². The highest BCUT2D eigenvalue weighted by molar-refractivity contribution is 6.31. The second-order valence-corrected chi connectivity index (χ2v) is 8.80. The van der Waals surface area contributed by atoms with Crippen LogP contribution in [0.25, 0.3) is 22.1 Å². The molecule has 0 spiro atoms. The molecule has 0 saturated heterocycles. The molecule has 0 aliphatic carbocycles. The van der Waals surface area contributed by atoms with E-state index in [-0.39, 0.29) is 11.6 Å². The molecule has 0 unspecified atom stereocenters. The van der Waals surface area contributed by atoms with E-state index in [4.69, 9.17) is 16.0 Å². The summed E-state index contributed by atoms with van der Waals surface area (Å²) < 4.78 is 5.53. The highest BCUT2D eigenvalue weighted by atomic mass is 35.5. The molecule has 1 aromatic heterocycles. The second-order valence-electron chi connectivity index (χ2n) is 8.37. The summed E-state index contributed by atoms with van der Waals surface area (Å²) in [6, 6.07) is 18.1. The van der Waals surface area contributed by atoms with E-state index in [0.717, 1.165) is 27.9 Å². The smallest absolute Gasteiger partial charge is 0.360 e. The van der Waals surface area contributed by atoms with Gasteiger partial charge in [0.15, 0.2) is 0 Å². The zero-order valence-corrected chi connectivity index (χ0v) is 19.7. The van der Waals surface area contributed by atoms with E-state index in [0.29, 0.717) is 21.6 Å². The van der Waals surface area contributed by atoms with Crippen molar-refractivity contribution in [2.45, 2.75) is 33.6 Å². The molecule has 4 rings (SSSR count). The Morgan fingerprint density at radius 1 is 0.909 bits per heavy atom. The normalized spacial score (nSPS) is 11.1. The summed E-state index contributed by atoms with van der Waals surface area (Å²) in [6.45, 7) is 8.02. The lowest BCUT2D eigenvalue weighted by molar-refractivity contribution is 0.262. The number of nitrogens with one attached hydrogen (secondary N) is 2. The fourth-order valence-electron chi connectivity index (χ4n) is 4.02. The van der Waals surface area contributed by atoms with Crippen LogP contribution in [0.5, 0.6) is 0 Å². The molecule has 0 atom stereocenters. The van der Waals surface area contributed by atoms with Crippen LogP contribution in [0.3, 0.4) is 0 Å². The lowest BCUT2D eigenvalue weighted by Gasteiger charge is -2.18. The Bertz CT molecular complexity index is 1420. The summed E-state index contributed by atoms with van der Waals surface area (Å²) in [5.74, 6) is 0.218. The molecule has 3 aromatic carbocycles. The van der Waals surface area contributed by atoms with E-state index < -0.39 is 11.7 Å². The van der Waals surface area contributed by atoms with Gasteiger partial charge in [-0.25, -0.2) is 9.59 Å². The van der Waals surface area contributed by atoms with Crippen molar-refractivity contribution < 1.29 is 9.21 Å². The van der Waals surface area contributed by atoms with Gasteiger partial charge in [-0.1, -0.05) is 67.9 Å². The average molecular weight is 461 g/mol. The maximum Gasteiger partial charge on any atom is 0.360 e. The molecule has 0 fully saturated rings. The van der Waals surface area contributed by atoms with Crippen molar-refractivity contribution in [3.8, 4) is 11.1 Å². The van der Waals surface area contributed by atoms with Gasteiger partial charge in [0.1, 0.15) is 11.3 Å². The Labute approximate surface area is 197 Å². The van der Waals surface area contributed by atoms with E-state index in [9.17, 15) is 9.59 Å². The fraction of sp³-hybridized carbons (Fsp3) is 0.185. The van der Waals surface area contributed by atoms with Gasteiger partial charge in [-0.3, -0.25) is 0 Å². The van der Waals surface area contributed by atoms with Crippen LogP contribution in [0.2, 0.25) is 5.02 Å². The number of rotatable bonds is 4. The van der Waals surface area contributed by atoms with Crippen molar-refractivity contribution >= 4 is 40.0 Å². The molecule has 0 saturated carbocycles. The van der Waals surface area contributed by atoms with Crippen molar-refractivity contribution in [2.75, 3.05) is 10.6 Å². The van der Waals surface area contributed by atoms with Crippen LogP contribution in [0.15, 0.2) is 69.9 Å². The monoisotopic (exact) mass is 460 g/mol. The summed E-state index contributed by atoms with van der Waals surface area (Å²) in [5, 5.41) is 6.84. The van der Waals surface area contributed by atoms with Crippen LogP contribution in [-0.4, -0.2) is 6.03 Å². The Kier molecular flexibility index (Phi) is 6.25. The van der Waals surface area contributed by atoms with Gasteiger partial charge in [0.05, 0.1) is 0 Å². The SMILES string of the molecule is Cc1ccccc1-c1c(NC(=O)Nc2c(C)cccc2C(C)C)c(=O)oc2ccc(Cl)cc12. The number of amides is 2. The maximum absolute atomic E-state index is 13.1. The minimum absolute atomic E-state index is 0.0660. The third-order valence-electron chi connectivity index (χ3n) is 5.69. The first-order valence-corrected chi connectivity index (χ1v) is 11.1. The molecule has 1 heterocycles. The number of urea groups is 1. The largest absolute Gasteiger partial charge is 0.421 e. The fourth-order valence-corrected chi connectivity index (χ4v) is 4.19. The molecular weight excluding hydrogens is 436 g/mol. The Morgan fingerprint density at radius 2 is 1.61 bits per heavy atom. The van der Waals surface area contributed by atoms with Crippen LogP contribution < -0.4 is 16.3 Å². The molecule has 4 aromatic rings. The molecule has 33 heavy (non-hydrogen) atoms. The molecule has 168 valence electrons. The number of benzene rings is 3. The summed E-state index contributed by atoms with van der Waals surface area (Å²) in [7, 11) is 0. The number of carbonyl (C=O) groups excluding carboxylic acids is 1. The van der Waals surface area contributed by atoms with Crippen molar-refractivity contribution in [3.05, 3.63) is 92.8 Å². The zero-order chi connectivity index (χ0) is 23.7. The van der Waals surface area contributed by atoms with Gasteiger partial charge in [0.2, 0.25) is 0 Å². The summed E-state index contributed by atoms with van der Waals surface area (Å²) in [4.78, 5) is 26.1. The van der Waals surface area contributed by atoms with Crippen molar-refractivity contribution in [1.82, 2.24) is 0 Å². The maximum atomic E-state index is 13.1. The standard InChI is InChI=1S/C27H25ClN2O3/c1-15(2)19-11-7-9-17(4)24(19)29-27(32)30-25-23(20-10-6-5-8-16(20)3)21-14-18(28)12-13-22(21)33-26(25)31/h5-15H,1-4H3,(H2,29,30,32). The predicted octanol–water partition coefficient (Wildman–Crippen LogP) is 7.50. The number of hydrogen-bond donors (Lipinski definition) is 2. The van der Waals surface area contributed by atoms with Gasteiger partial charge in [-0.15, -0.1) is 0 Å². The average Bonchev–Trinajstić information content (AvgIpc) is 2.76. The third-order valence-corrected chi connectivity index (χ3v) is 5.92. The molecule has 6 heteroatoms. The quantitative estimate of drug-likeness (QED) is 0.310. The third kappa shape index (κ3) is 4.50. The van der Waals surface area contributed by atoms with E-state index in [1.807, 2.05) is 56.3 Å². The first-order chi connectivity index (χ1) is 15.8. The van der Waals surface area contributed by atoms with Crippen LogP contribution in [0.1, 0.15) is 36.5 Å². The van der Waals surface area contributed by atoms with Gasteiger partial charge in [-0.05, 0) is 60.2 Å². The minimum atomic E-state index is -0.632. The summed E-state index contributed by atoms with van der Waals surface area (Å²) >= 11 is 6.27. The molecule has 5 nitrogen and oxygen atoms in total. The van der Waals surface area contributed by atoms with Crippen molar-refractivity contribution in [1.29, 1.82) is 0 Å². The van der Waals surface area contributed by atoms with E-state index in [1.54, 1.807) is 18.2 Å². The van der Waals surface area contributed by atoms with Crippen LogP contribution in [-0.2, 0) is 0 Å². The minimum Gasteiger partial charge on any atom is -0.421 e. The topological polar surface area (TPSA) is 71.3 Å². The first-order valence-electron chi connectivity index (χ1n) is 10.8.